The molecule has 0 aliphatic carbocycles. The Balaban J connectivity index is 1.85. The fraction of sp³-hybridized carbons (Fsp3) is 0.200. The van der Waals surface area contributed by atoms with Crippen molar-refractivity contribution >= 4 is 29.3 Å². The molecule has 0 bridgehead atoms. The zero-order valence-electron chi connectivity index (χ0n) is 10.7. The second-order valence-corrected chi connectivity index (χ2v) is 6.13. The maximum atomic E-state index is 12.6. The van der Waals surface area contributed by atoms with E-state index in [4.69, 9.17) is 11.6 Å². The smallest absolute Gasteiger partial charge is 0.255 e. The zero-order chi connectivity index (χ0) is 13.9. The predicted molar refractivity (Wildman–Crippen MR) is 81.9 cm³/mol. The quantitative estimate of drug-likeness (QED) is 0.849. The molecule has 1 fully saturated rings. The highest BCUT2D eigenvalue weighted by Crippen LogP contribution is 2.38. The summed E-state index contributed by atoms with van der Waals surface area (Å²) in [7, 11) is 0. The van der Waals surface area contributed by atoms with Crippen LogP contribution >= 0.6 is 23.4 Å². The predicted octanol–water partition coefficient (Wildman–Crippen LogP) is 3.62. The van der Waals surface area contributed by atoms with Gasteiger partial charge < -0.3 is 4.90 Å². The Morgan fingerprint density at radius 1 is 1.20 bits per heavy atom. The molecule has 5 heteroatoms. The molecular formula is C15H13ClN2OS. The molecule has 1 aliphatic rings. The fourth-order valence-corrected chi connectivity index (χ4v) is 3.62. The van der Waals surface area contributed by atoms with E-state index in [9.17, 15) is 4.79 Å². The molecule has 1 aromatic heterocycles. The highest BCUT2D eigenvalue weighted by Gasteiger charge is 2.31. The maximum Gasteiger partial charge on any atom is 0.255 e. The molecule has 3 rings (SSSR count). The van der Waals surface area contributed by atoms with Crippen molar-refractivity contribution < 1.29 is 4.79 Å². The molecular weight excluding hydrogens is 292 g/mol. The average molecular weight is 305 g/mol. The van der Waals surface area contributed by atoms with E-state index in [-0.39, 0.29) is 11.3 Å². The molecule has 0 radical (unpaired) electrons. The van der Waals surface area contributed by atoms with Crippen LogP contribution in [-0.4, -0.2) is 28.1 Å². The third-order valence-corrected chi connectivity index (χ3v) is 4.75. The Kier molecular flexibility index (Phi) is 3.94. The van der Waals surface area contributed by atoms with E-state index in [1.807, 2.05) is 17.0 Å². The van der Waals surface area contributed by atoms with Gasteiger partial charge in [-0.1, -0.05) is 11.6 Å². The lowest BCUT2D eigenvalue weighted by atomic mass is 10.1. The van der Waals surface area contributed by atoms with Crippen LogP contribution < -0.4 is 0 Å². The van der Waals surface area contributed by atoms with Crippen LogP contribution in [0.1, 0.15) is 21.3 Å². The van der Waals surface area contributed by atoms with E-state index in [0.717, 1.165) is 17.9 Å². The molecule has 102 valence electrons. The monoisotopic (exact) mass is 304 g/mol. The lowest BCUT2D eigenvalue weighted by Crippen LogP contribution is -2.30. The van der Waals surface area contributed by atoms with E-state index < -0.39 is 0 Å². The molecule has 0 saturated carbocycles. The summed E-state index contributed by atoms with van der Waals surface area (Å²) in [4.78, 5) is 18.5. The standard InChI is InChI=1S/C15H13ClN2OS/c16-13-3-1-11(2-4-13)14(19)18-9-10-20-15(18)12-5-7-17-8-6-12/h1-8,15H,9-10H2. The highest BCUT2D eigenvalue weighted by atomic mass is 35.5. The number of halogens is 1. The lowest BCUT2D eigenvalue weighted by molar-refractivity contribution is 0.0760. The van der Waals surface area contributed by atoms with Crippen LogP contribution in [0.3, 0.4) is 0 Å². The molecule has 1 amide bonds. The minimum Gasteiger partial charge on any atom is -0.322 e. The molecule has 1 aromatic carbocycles. The van der Waals surface area contributed by atoms with Gasteiger partial charge in [-0.2, -0.15) is 0 Å². The van der Waals surface area contributed by atoms with Crippen molar-refractivity contribution in [2.24, 2.45) is 0 Å². The van der Waals surface area contributed by atoms with Gasteiger partial charge in [0, 0.05) is 35.3 Å². The molecule has 1 saturated heterocycles. The first-order chi connectivity index (χ1) is 9.75. The first kappa shape index (κ1) is 13.5. The molecule has 1 atom stereocenters. The van der Waals surface area contributed by atoms with Crippen LogP contribution in [0.4, 0.5) is 0 Å². The van der Waals surface area contributed by atoms with Gasteiger partial charge in [-0.3, -0.25) is 9.78 Å². The van der Waals surface area contributed by atoms with E-state index in [0.29, 0.717) is 10.6 Å². The summed E-state index contributed by atoms with van der Waals surface area (Å²) in [6, 6.07) is 11.0. The zero-order valence-corrected chi connectivity index (χ0v) is 12.3. The fourth-order valence-electron chi connectivity index (χ4n) is 2.24. The van der Waals surface area contributed by atoms with Crippen molar-refractivity contribution in [1.82, 2.24) is 9.88 Å². The molecule has 3 nitrogen and oxygen atoms in total. The SMILES string of the molecule is O=C(c1ccc(Cl)cc1)N1CCSC1c1ccncc1. The lowest BCUT2D eigenvalue weighted by Gasteiger charge is -2.24. The molecule has 1 aliphatic heterocycles. The number of carbonyl (C=O) groups excluding carboxylic acids is 1. The van der Waals surface area contributed by atoms with Crippen molar-refractivity contribution in [3.8, 4) is 0 Å². The Bertz CT molecular complexity index is 603. The summed E-state index contributed by atoms with van der Waals surface area (Å²) < 4.78 is 0. The van der Waals surface area contributed by atoms with E-state index in [2.05, 4.69) is 4.98 Å². The van der Waals surface area contributed by atoms with Gasteiger partial charge in [0.1, 0.15) is 5.37 Å². The number of pyridine rings is 1. The van der Waals surface area contributed by atoms with Crippen LogP contribution in [0.15, 0.2) is 48.8 Å². The van der Waals surface area contributed by atoms with Crippen LogP contribution in [-0.2, 0) is 0 Å². The summed E-state index contributed by atoms with van der Waals surface area (Å²) >= 11 is 7.65. The normalized spacial score (nSPS) is 18.2. The molecule has 1 unspecified atom stereocenters. The second-order valence-electron chi connectivity index (χ2n) is 4.51. The van der Waals surface area contributed by atoms with Crippen molar-refractivity contribution in [3.05, 3.63) is 64.9 Å². The minimum absolute atomic E-state index is 0.0495. The van der Waals surface area contributed by atoms with Gasteiger partial charge in [-0.05, 0) is 42.0 Å². The van der Waals surface area contributed by atoms with E-state index in [1.165, 1.54) is 0 Å². The summed E-state index contributed by atoms with van der Waals surface area (Å²) in [6.07, 6.45) is 3.53. The largest absolute Gasteiger partial charge is 0.322 e. The Labute approximate surface area is 127 Å². The number of aromatic nitrogens is 1. The minimum atomic E-state index is 0.0495. The third-order valence-electron chi connectivity index (χ3n) is 3.23. The second kappa shape index (κ2) is 5.85. The summed E-state index contributed by atoms with van der Waals surface area (Å²) in [5.41, 5.74) is 1.79. The number of benzene rings is 1. The first-order valence-electron chi connectivity index (χ1n) is 6.34. The number of hydrogen-bond donors (Lipinski definition) is 0. The van der Waals surface area contributed by atoms with Gasteiger partial charge in [0.05, 0.1) is 0 Å². The van der Waals surface area contributed by atoms with Gasteiger partial charge in [0.15, 0.2) is 0 Å². The Morgan fingerprint density at radius 3 is 2.60 bits per heavy atom. The third kappa shape index (κ3) is 2.67. The van der Waals surface area contributed by atoms with E-state index in [1.54, 1.807) is 48.4 Å². The molecule has 0 N–H and O–H groups in total. The van der Waals surface area contributed by atoms with Gasteiger partial charge in [-0.15, -0.1) is 11.8 Å². The first-order valence-corrected chi connectivity index (χ1v) is 7.76. The summed E-state index contributed by atoms with van der Waals surface area (Å²) in [5, 5.41) is 0.712. The number of hydrogen-bond acceptors (Lipinski definition) is 3. The average Bonchev–Trinajstić information content (AvgIpc) is 2.97. The van der Waals surface area contributed by atoms with E-state index >= 15 is 0 Å². The number of amides is 1. The van der Waals surface area contributed by atoms with Crippen molar-refractivity contribution in [2.45, 2.75) is 5.37 Å². The molecule has 2 heterocycles. The van der Waals surface area contributed by atoms with Gasteiger partial charge in [0.25, 0.3) is 5.91 Å². The number of carbonyl (C=O) groups is 1. The van der Waals surface area contributed by atoms with Gasteiger partial charge in [0.2, 0.25) is 0 Å². The molecule has 20 heavy (non-hydrogen) atoms. The summed E-state index contributed by atoms with van der Waals surface area (Å²) in [6.45, 7) is 0.763. The van der Waals surface area contributed by atoms with Gasteiger partial charge >= 0.3 is 0 Å². The summed E-state index contributed by atoms with van der Waals surface area (Å²) in [5.74, 6) is 1.00. The van der Waals surface area contributed by atoms with Crippen molar-refractivity contribution in [2.75, 3.05) is 12.3 Å². The Morgan fingerprint density at radius 2 is 1.90 bits per heavy atom. The number of thioether (sulfide) groups is 1. The highest BCUT2D eigenvalue weighted by molar-refractivity contribution is 7.99. The van der Waals surface area contributed by atoms with Crippen LogP contribution in [0.2, 0.25) is 5.02 Å². The topological polar surface area (TPSA) is 33.2 Å². The van der Waals surface area contributed by atoms with Crippen LogP contribution in [0, 0.1) is 0 Å². The van der Waals surface area contributed by atoms with Gasteiger partial charge in [-0.25, -0.2) is 0 Å². The maximum absolute atomic E-state index is 12.6. The van der Waals surface area contributed by atoms with Crippen molar-refractivity contribution in [3.63, 3.8) is 0 Å². The van der Waals surface area contributed by atoms with Crippen LogP contribution in [0.5, 0.6) is 0 Å². The Hall–Kier alpha value is -1.52. The van der Waals surface area contributed by atoms with Crippen molar-refractivity contribution in [1.29, 1.82) is 0 Å². The van der Waals surface area contributed by atoms with Crippen LogP contribution in [0.25, 0.3) is 0 Å². The number of rotatable bonds is 2. The molecule has 2 aromatic rings. The molecule has 0 spiro atoms. The number of nitrogens with zero attached hydrogens (tertiary/aromatic N) is 2.